The third-order valence-electron chi connectivity index (χ3n) is 4.14. The number of ether oxygens (including phenoxy) is 1. The van der Waals surface area contributed by atoms with Gasteiger partial charge in [-0.25, -0.2) is 0 Å². The van der Waals surface area contributed by atoms with Crippen LogP contribution in [0.4, 0.5) is 0 Å². The summed E-state index contributed by atoms with van der Waals surface area (Å²) in [5, 5.41) is 2.58. The number of carbonyl (C=O) groups excluding carboxylic acids is 1. The van der Waals surface area contributed by atoms with Crippen LogP contribution >= 0.6 is 11.6 Å². The Bertz CT molecular complexity index is 645. The van der Waals surface area contributed by atoms with Crippen molar-refractivity contribution in [3.8, 4) is 0 Å². The summed E-state index contributed by atoms with van der Waals surface area (Å²) in [4.78, 5) is 12.5. The van der Waals surface area contributed by atoms with Crippen molar-refractivity contribution in [3.63, 3.8) is 0 Å². The molecular weight excluding hydrogens is 284 g/mol. The van der Waals surface area contributed by atoms with Crippen LogP contribution in [0.25, 0.3) is 10.8 Å². The van der Waals surface area contributed by atoms with E-state index in [1.807, 2.05) is 36.4 Å². The van der Waals surface area contributed by atoms with Crippen LogP contribution in [0.1, 0.15) is 42.5 Å². The third kappa shape index (κ3) is 3.28. The summed E-state index contributed by atoms with van der Waals surface area (Å²) in [7, 11) is 0. The maximum Gasteiger partial charge on any atom is 0.163 e. The lowest BCUT2D eigenvalue weighted by molar-refractivity contribution is 0.0104. The molecule has 1 fully saturated rings. The number of hydrogen-bond acceptors (Lipinski definition) is 2. The molecule has 2 nitrogen and oxygen atoms in total. The molecule has 3 heteroatoms. The summed E-state index contributed by atoms with van der Waals surface area (Å²) in [6, 6.07) is 11.5. The molecule has 0 N–H and O–H groups in total. The number of benzene rings is 2. The van der Waals surface area contributed by atoms with Gasteiger partial charge in [0.1, 0.15) is 0 Å². The molecule has 0 aliphatic carbocycles. The molecule has 1 saturated heterocycles. The fourth-order valence-electron chi connectivity index (χ4n) is 2.97. The molecule has 0 amide bonds. The molecule has 0 radical (unpaired) electrons. The fourth-order valence-corrected chi connectivity index (χ4v) is 3.20. The molecule has 0 saturated carbocycles. The molecule has 2 aromatic carbocycles. The summed E-state index contributed by atoms with van der Waals surface area (Å²) >= 11 is 6.20. The van der Waals surface area contributed by atoms with Crippen LogP contribution < -0.4 is 0 Å². The molecule has 1 atom stereocenters. The normalized spacial score (nSPS) is 18.8. The van der Waals surface area contributed by atoms with Crippen molar-refractivity contribution in [2.75, 3.05) is 6.61 Å². The van der Waals surface area contributed by atoms with Crippen molar-refractivity contribution < 1.29 is 9.53 Å². The molecule has 1 aliphatic rings. The standard InChI is InChI=1S/C18H19ClO2/c19-17-10-9-16(14-6-1-2-7-15(14)17)18(20)11-8-13-5-3-4-12-21-13/h1-2,6-7,9-10,13H,3-5,8,11-12H2. The van der Waals surface area contributed by atoms with E-state index in [0.717, 1.165) is 42.2 Å². The summed E-state index contributed by atoms with van der Waals surface area (Å²) in [6.07, 6.45) is 5.04. The topological polar surface area (TPSA) is 26.3 Å². The molecule has 0 aromatic heterocycles. The van der Waals surface area contributed by atoms with E-state index in [1.54, 1.807) is 0 Å². The van der Waals surface area contributed by atoms with Gasteiger partial charge in [-0.3, -0.25) is 4.79 Å². The van der Waals surface area contributed by atoms with Crippen LogP contribution in [0.5, 0.6) is 0 Å². The second-order valence-electron chi connectivity index (χ2n) is 5.59. The van der Waals surface area contributed by atoms with E-state index in [1.165, 1.54) is 6.42 Å². The van der Waals surface area contributed by atoms with E-state index >= 15 is 0 Å². The van der Waals surface area contributed by atoms with Gasteiger partial charge in [-0.15, -0.1) is 0 Å². The zero-order valence-electron chi connectivity index (χ0n) is 12.0. The van der Waals surface area contributed by atoms with Crippen molar-refractivity contribution in [1.82, 2.24) is 0 Å². The fraction of sp³-hybridized carbons (Fsp3) is 0.389. The predicted molar refractivity (Wildman–Crippen MR) is 86.1 cm³/mol. The number of ketones is 1. The zero-order chi connectivity index (χ0) is 14.7. The lowest BCUT2D eigenvalue weighted by Gasteiger charge is -2.22. The van der Waals surface area contributed by atoms with Gasteiger partial charge in [0.15, 0.2) is 5.78 Å². The van der Waals surface area contributed by atoms with Gasteiger partial charge in [-0.1, -0.05) is 35.9 Å². The van der Waals surface area contributed by atoms with Gasteiger partial charge >= 0.3 is 0 Å². The molecular formula is C18H19ClO2. The Morgan fingerprint density at radius 2 is 1.95 bits per heavy atom. The van der Waals surface area contributed by atoms with Gasteiger partial charge in [0.05, 0.1) is 6.10 Å². The van der Waals surface area contributed by atoms with Gasteiger partial charge in [0.2, 0.25) is 0 Å². The maximum absolute atomic E-state index is 12.5. The van der Waals surface area contributed by atoms with Crippen LogP contribution in [-0.4, -0.2) is 18.5 Å². The first-order valence-corrected chi connectivity index (χ1v) is 7.95. The first-order chi connectivity index (χ1) is 10.3. The molecule has 1 aliphatic heterocycles. The maximum atomic E-state index is 12.5. The molecule has 2 aromatic rings. The van der Waals surface area contributed by atoms with Crippen LogP contribution in [0.3, 0.4) is 0 Å². The second-order valence-corrected chi connectivity index (χ2v) is 6.00. The van der Waals surface area contributed by atoms with Gasteiger partial charge < -0.3 is 4.74 Å². The smallest absolute Gasteiger partial charge is 0.163 e. The quantitative estimate of drug-likeness (QED) is 0.741. The average molecular weight is 303 g/mol. The first kappa shape index (κ1) is 14.6. The highest BCUT2D eigenvalue weighted by atomic mass is 35.5. The van der Waals surface area contributed by atoms with Crippen LogP contribution in [0.15, 0.2) is 36.4 Å². The highest BCUT2D eigenvalue weighted by molar-refractivity contribution is 6.36. The van der Waals surface area contributed by atoms with E-state index in [0.29, 0.717) is 11.4 Å². The van der Waals surface area contributed by atoms with Crippen LogP contribution in [0, 0.1) is 0 Å². The lowest BCUT2D eigenvalue weighted by atomic mass is 9.96. The van der Waals surface area contributed by atoms with Gasteiger partial charge in [-0.05, 0) is 43.2 Å². The van der Waals surface area contributed by atoms with Gasteiger partial charge in [0, 0.05) is 29.0 Å². The number of carbonyl (C=O) groups is 1. The molecule has 1 unspecified atom stereocenters. The minimum atomic E-state index is 0.178. The number of Topliss-reactive ketones (excluding diaryl/α,β-unsaturated/α-hetero) is 1. The molecule has 21 heavy (non-hydrogen) atoms. The molecule has 110 valence electrons. The minimum Gasteiger partial charge on any atom is -0.378 e. The van der Waals surface area contributed by atoms with E-state index in [9.17, 15) is 4.79 Å². The largest absolute Gasteiger partial charge is 0.378 e. The second kappa shape index (κ2) is 6.59. The monoisotopic (exact) mass is 302 g/mol. The zero-order valence-corrected chi connectivity index (χ0v) is 12.7. The SMILES string of the molecule is O=C(CCC1CCCCO1)c1ccc(Cl)c2ccccc12. The Kier molecular flexibility index (Phi) is 4.57. The van der Waals surface area contributed by atoms with Gasteiger partial charge in [0.25, 0.3) is 0 Å². The summed E-state index contributed by atoms with van der Waals surface area (Å²) in [6.45, 7) is 0.836. The van der Waals surface area contributed by atoms with E-state index in [2.05, 4.69) is 0 Å². The average Bonchev–Trinajstić information content (AvgIpc) is 2.54. The van der Waals surface area contributed by atoms with Crippen molar-refractivity contribution in [3.05, 3.63) is 47.0 Å². The Hall–Kier alpha value is -1.38. The summed E-state index contributed by atoms with van der Waals surface area (Å²) < 4.78 is 5.70. The third-order valence-corrected chi connectivity index (χ3v) is 4.47. The Balaban J connectivity index is 1.77. The molecule has 1 heterocycles. The van der Waals surface area contributed by atoms with Crippen LogP contribution in [0.2, 0.25) is 5.02 Å². The van der Waals surface area contributed by atoms with Crippen LogP contribution in [-0.2, 0) is 4.74 Å². The first-order valence-electron chi connectivity index (χ1n) is 7.58. The Labute approximate surface area is 130 Å². The lowest BCUT2D eigenvalue weighted by Crippen LogP contribution is -2.20. The number of halogens is 1. The van der Waals surface area contributed by atoms with Crippen molar-refractivity contribution in [2.24, 2.45) is 0 Å². The highest BCUT2D eigenvalue weighted by Gasteiger charge is 2.17. The highest BCUT2D eigenvalue weighted by Crippen LogP contribution is 2.28. The van der Waals surface area contributed by atoms with Crippen molar-refractivity contribution >= 4 is 28.2 Å². The Morgan fingerprint density at radius 3 is 2.71 bits per heavy atom. The summed E-state index contributed by atoms with van der Waals surface area (Å²) in [5.74, 6) is 0.178. The molecule has 0 spiro atoms. The minimum absolute atomic E-state index is 0.178. The van der Waals surface area contributed by atoms with E-state index in [4.69, 9.17) is 16.3 Å². The number of hydrogen-bond donors (Lipinski definition) is 0. The Morgan fingerprint density at radius 1 is 1.14 bits per heavy atom. The predicted octanol–water partition coefficient (Wildman–Crippen LogP) is 5.03. The molecule has 3 rings (SSSR count). The van der Waals surface area contributed by atoms with E-state index in [-0.39, 0.29) is 11.9 Å². The van der Waals surface area contributed by atoms with Crippen molar-refractivity contribution in [2.45, 2.75) is 38.2 Å². The van der Waals surface area contributed by atoms with Gasteiger partial charge in [-0.2, -0.15) is 0 Å². The molecule has 0 bridgehead atoms. The summed E-state index contributed by atoms with van der Waals surface area (Å²) in [5.41, 5.74) is 0.769. The number of fused-ring (bicyclic) bond motifs is 1. The van der Waals surface area contributed by atoms with Crippen molar-refractivity contribution in [1.29, 1.82) is 0 Å². The number of rotatable bonds is 4. The van der Waals surface area contributed by atoms with E-state index < -0.39 is 0 Å².